The van der Waals surface area contributed by atoms with Gasteiger partial charge in [0, 0.05) is 14.1 Å². The highest BCUT2D eigenvalue weighted by molar-refractivity contribution is 7.87. The molecular weight excluding hydrogens is 194 g/mol. The lowest BCUT2D eigenvalue weighted by Gasteiger charge is -2.11. The van der Waals surface area contributed by atoms with Gasteiger partial charge in [0.05, 0.1) is 0 Å². The van der Waals surface area contributed by atoms with Crippen LogP contribution in [0.3, 0.4) is 0 Å². The third-order valence-electron chi connectivity index (χ3n) is 0.908. The lowest BCUT2D eigenvalue weighted by Crippen LogP contribution is -2.42. The molecule has 0 spiro atoms. The first-order valence-corrected chi connectivity index (χ1v) is 4.23. The van der Waals surface area contributed by atoms with Gasteiger partial charge in [-0.05, 0) is 0 Å². The Hall–Kier alpha value is -0.760. The number of hydrogen-bond acceptors (Lipinski definition) is 3. The fraction of sp³-hybridized carbons (Fsp3) is 0.750. The summed E-state index contributed by atoms with van der Waals surface area (Å²) in [5.74, 6) is -1.83. The van der Waals surface area contributed by atoms with Gasteiger partial charge in [-0.15, -0.1) is 0 Å². The lowest BCUT2D eigenvalue weighted by molar-refractivity contribution is -0.129. The van der Waals surface area contributed by atoms with Crippen LogP contribution in [0.2, 0.25) is 0 Å². The van der Waals surface area contributed by atoms with E-state index < -0.39 is 22.5 Å². The predicted octanol–water partition coefficient (Wildman–Crippen LogP) is -0.826. The van der Waals surface area contributed by atoms with Gasteiger partial charge in [0.1, 0.15) is 0 Å². The summed E-state index contributed by atoms with van der Waals surface area (Å²) < 4.78 is 46.2. The van der Waals surface area contributed by atoms with E-state index in [1.807, 2.05) is 0 Å². The highest BCUT2D eigenvalue weighted by Crippen LogP contribution is 1.95. The molecule has 72 valence electrons. The van der Waals surface area contributed by atoms with Gasteiger partial charge < -0.3 is 0 Å². The molecule has 1 amide bonds. The second-order valence-corrected chi connectivity index (χ2v) is 3.94. The Morgan fingerprint density at radius 2 is 1.83 bits per heavy atom. The highest BCUT2D eigenvalue weighted by atomic mass is 32.2. The van der Waals surface area contributed by atoms with Crippen LogP contribution < -0.4 is 4.72 Å². The van der Waals surface area contributed by atoms with Crippen LogP contribution in [0.15, 0.2) is 0 Å². The summed E-state index contributed by atoms with van der Waals surface area (Å²) in [7, 11) is -1.86. The number of carbonyl (C=O) groups excluding carboxylic acids is 1. The van der Waals surface area contributed by atoms with E-state index in [-0.39, 0.29) is 0 Å². The van der Waals surface area contributed by atoms with E-state index in [2.05, 4.69) is 0 Å². The molecule has 0 aliphatic carbocycles. The first-order chi connectivity index (χ1) is 5.27. The number of nitrogens with zero attached hydrogens (tertiary/aromatic N) is 1. The molecule has 0 atom stereocenters. The van der Waals surface area contributed by atoms with Crippen LogP contribution in [0.4, 0.5) is 8.78 Å². The van der Waals surface area contributed by atoms with Gasteiger partial charge >= 0.3 is 22.5 Å². The van der Waals surface area contributed by atoms with Crippen LogP contribution >= 0.6 is 0 Å². The fourth-order valence-electron chi connectivity index (χ4n) is 0.263. The van der Waals surface area contributed by atoms with Crippen molar-refractivity contribution in [2.45, 2.75) is 6.43 Å². The van der Waals surface area contributed by atoms with Crippen molar-refractivity contribution in [3.63, 3.8) is 0 Å². The largest absolute Gasteiger partial charge is 0.316 e. The molecule has 0 aliphatic heterocycles. The topological polar surface area (TPSA) is 66.5 Å². The number of hydrogen-bond donors (Lipinski definition) is 1. The first kappa shape index (κ1) is 11.2. The van der Waals surface area contributed by atoms with Crippen LogP contribution in [-0.4, -0.2) is 39.2 Å². The maximum Gasteiger partial charge on any atom is 0.316 e. The van der Waals surface area contributed by atoms with Crippen molar-refractivity contribution >= 4 is 16.1 Å². The van der Waals surface area contributed by atoms with E-state index in [1.165, 1.54) is 0 Å². The van der Waals surface area contributed by atoms with Gasteiger partial charge in [-0.3, -0.25) is 4.79 Å². The number of nitrogens with one attached hydrogen (secondary N) is 1. The molecule has 0 fully saturated rings. The van der Waals surface area contributed by atoms with Crippen molar-refractivity contribution in [3.05, 3.63) is 0 Å². The predicted molar refractivity (Wildman–Crippen MR) is 36.8 cm³/mol. The summed E-state index contributed by atoms with van der Waals surface area (Å²) in [6.45, 7) is 0. The van der Waals surface area contributed by atoms with Gasteiger partial charge in [-0.2, -0.15) is 21.5 Å². The second-order valence-electron chi connectivity index (χ2n) is 2.05. The quantitative estimate of drug-likeness (QED) is 0.649. The summed E-state index contributed by atoms with van der Waals surface area (Å²) in [4.78, 5) is 10.2. The average molecular weight is 202 g/mol. The number of halogens is 2. The van der Waals surface area contributed by atoms with E-state index in [4.69, 9.17) is 0 Å². The average Bonchev–Trinajstić information content (AvgIpc) is 1.85. The second kappa shape index (κ2) is 3.76. The zero-order chi connectivity index (χ0) is 9.94. The number of rotatable bonds is 3. The zero-order valence-electron chi connectivity index (χ0n) is 6.41. The van der Waals surface area contributed by atoms with Gasteiger partial charge in [-0.1, -0.05) is 0 Å². The monoisotopic (exact) mass is 202 g/mol. The molecule has 0 aromatic carbocycles. The molecule has 0 heterocycles. The Balaban J connectivity index is 4.38. The highest BCUT2D eigenvalue weighted by Gasteiger charge is 2.23. The standard InChI is InChI=1S/C4H8F2N2O3S/c1-8(2)12(10,11)7-4(9)3(5)6/h3H,1-2H3,(H,7,9). The molecule has 0 bridgehead atoms. The summed E-state index contributed by atoms with van der Waals surface area (Å²) >= 11 is 0. The fourth-order valence-corrected chi connectivity index (χ4v) is 0.789. The number of amides is 1. The van der Waals surface area contributed by atoms with Gasteiger partial charge in [0.25, 0.3) is 0 Å². The van der Waals surface area contributed by atoms with E-state index in [9.17, 15) is 22.0 Å². The minimum Gasteiger partial charge on any atom is -0.267 e. The van der Waals surface area contributed by atoms with Crippen LogP contribution in [-0.2, 0) is 15.0 Å². The van der Waals surface area contributed by atoms with Crippen molar-refractivity contribution in [1.82, 2.24) is 9.03 Å². The minimum atomic E-state index is -4.09. The molecule has 1 N–H and O–H groups in total. The van der Waals surface area contributed by atoms with Crippen molar-refractivity contribution in [2.75, 3.05) is 14.1 Å². The molecule has 0 saturated carbocycles. The summed E-state index contributed by atoms with van der Waals surface area (Å²) in [6.07, 6.45) is -3.33. The SMILES string of the molecule is CN(C)S(=O)(=O)NC(=O)C(F)F. The Kier molecular flexibility index (Phi) is 3.53. The summed E-state index contributed by atoms with van der Waals surface area (Å²) in [5.41, 5.74) is 0. The molecule has 0 radical (unpaired) electrons. The third-order valence-corrected chi connectivity index (χ3v) is 2.33. The van der Waals surface area contributed by atoms with Crippen molar-refractivity contribution in [2.24, 2.45) is 0 Å². The molecule has 0 unspecified atom stereocenters. The molecule has 0 saturated heterocycles. The van der Waals surface area contributed by atoms with Crippen LogP contribution in [0.1, 0.15) is 0 Å². The van der Waals surface area contributed by atoms with E-state index in [1.54, 1.807) is 0 Å². The molecule has 8 heteroatoms. The smallest absolute Gasteiger partial charge is 0.267 e. The maximum absolute atomic E-state index is 11.5. The molecule has 0 aromatic heterocycles. The Bertz CT molecular complexity index is 261. The molecule has 5 nitrogen and oxygen atoms in total. The molecule has 0 rings (SSSR count). The van der Waals surface area contributed by atoms with Crippen molar-refractivity contribution in [3.8, 4) is 0 Å². The molecule has 12 heavy (non-hydrogen) atoms. The zero-order valence-corrected chi connectivity index (χ0v) is 7.23. The molecule has 0 aliphatic rings. The Morgan fingerprint density at radius 3 is 2.08 bits per heavy atom. The minimum absolute atomic E-state index is 0.618. The first-order valence-electron chi connectivity index (χ1n) is 2.79. The number of carbonyl (C=O) groups is 1. The van der Waals surface area contributed by atoms with Crippen LogP contribution in [0.25, 0.3) is 0 Å². The van der Waals surface area contributed by atoms with Crippen LogP contribution in [0.5, 0.6) is 0 Å². The summed E-state index contributed by atoms with van der Waals surface area (Å²) in [5, 5.41) is 0. The van der Waals surface area contributed by atoms with Crippen molar-refractivity contribution in [1.29, 1.82) is 0 Å². The maximum atomic E-state index is 11.5. The van der Waals surface area contributed by atoms with Crippen LogP contribution in [0, 0.1) is 0 Å². The van der Waals surface area contributed by atoms with E-state index in [0.717, 1.165) is 18.8 Å². The lowest BCUT2D eigenvalue weighted by atomic mass is 10.7. The molecule has 0 aromatic rings. The van der Waals surface area contributed by atoms with Crippen molar-refractivity contribution < 1.29 is 22.0 Å². The van der Waals surface area contributed by atoms with E-state index in [0.29, 0.717) is 4.31 Å². The third kappa shape index (κ3) is 3.09. The normalized spacial score (nSPS) is 12.2. The Morgan fingerprint density at radius 1 is 1.42 bits per heavy atom. The van der Waals surface area contributed by atoms with Gasteiger partial charge in [0.2, 0.25) is 0 Å². The van der Waals surface area contributed by atoms with E-state index >= 15 is 0 Å². The number of alkyl halides is 2. The van der Waals surface area contributed by atoms with Gasteiger partial charge in [0.15, 0.2) is 0 Å². The van der Waals surface area contributed by atoms with Gasteiger partial charge in [-0.25, -0.2) is 4.72 Å². The summed E-state index contributed by atoms with van der Waals surface area (Å²) in [6, 6.07) is 0. The molecular formula is C4H8F2N2O3S. The Labute approximate surface area is 68.5 Å².